The topological polar surface area (TPSA) is 105 Å². The lowest BCUT2D eigenvalue weighted by Crippen LogP contribution is -2.14. The molecule has 0 aliphatic rings. The third kappa shape index (κ3) is 5.22. The molecule has 0 spiro atoms. The van der Waals surface area contributed by atoms with Crippen molar-refractivity contribution in [3.8, 4) is 17.6 Å². The highest BCUT2D eigenvalue weighted by Gasteiger charge is 2.18. The number of carbonyl (C=O) groups is 1. The molecule has 7 nitrogen and oxygen atoms in total. The van der Waals surface area contributed by atoms with Crippen molar-refractivity contribution in [2.45, 2.75) is 0 Å². The third-order valence-corrected chi connectivity index (χ3v) is 4.15. The van der Waals surface area contributed by atoms with Crippen molar-refractivity contribution in [2.75, 3.05) is 5.32 Å². The minimum Gasteiger partial charge on any atom is -0.457 e. The minimum atomic E-state index is -0.780. The van der Waals surface area contributed by atoms with Crippen LogP contribution in [0.5, 0.6) is 11.5 Å². The zero-order chi connectivity index (χ0) is 21.5. The molecule has 0 saturated carbocycles. The van der Waals surface area contributed by atoms with E-state index in [1.54, 1.807) is 36.4 Å². The molecular formula is C22H14ClN3O4. The molecule has 0 aliphatic carbocycles. The van der Waals surface area contributed by atoms with Crippen molar-refractivity contribution in [3.63, 3.8) is 0 Å². The van der Waals surface area contributed by atoms with Gasteiger partial charge in [-0.15, -0.1) is 0 Å². The number of nitriles is 1. The summed E-state index contributed by atoms with van der Waals surface area (Å²) in [6.45, 7) is 0. The molecule has 3 aromatic carbocycles. The maximum absolute atomic E-state index is 12.5. The standard InChI is InChI=1S/C22H14ClN3O4/c23-17-9-10-20(21(13-17)26(28)29)25-22(27)16(14-24)11-15-5-4-8-19(12-15)30-18-6-2-1-3-7-18/h1-13H,(H,25,27)/b16-11+. The van der Waals surface area contributed by atoms with Crippen LogP contribution in [0.25, 0.3) is 6.08 Å². The first-order valence-electron chi connectivity index (χ1n) is 8.66. The van der Waals surface area contributed by atoms with Crippen LogP contribution in [0.1, 0.15) is 5.56 Å². The Morgan fingerprint density at radius 1 is 1.07 bits per heavy atom. The quantitative estimate of drug-likeness (QED) is 0.243. The van der Waals surface area contributed by atoms with Crippen LogP contribution in [0.3, 0.4) is 0 Å². The van der Waals surface area contributed by atoms with E-state index < -0.39 is 10.8 Å². The van der Waals surface area contributed by atoms with Crippen LogP contribution in [0.15, 0.2) is 78.4 Å². The first kappa shape index (κ1) is 20.6. The Balaban J connectivity index is 1.82. The fourth-order valence-electron chi connectivity index (χ4n) is 2.56. The highest BCUT2D eigenvalue weighted by molar-refractivity contribution is 6.31. The van der Waals surface area contributed by atoms with E-state index in [0.717, 1.165) is 6.07 Å². The first-order valence-corrected chi connectivity index (χ1v) is 9.04. The molecule has 0 saturated heterocycles. The SMILES string of the molecule is N#C/C(=C\c1cccc(Oc2ccccc2)c1)C(=O)Nc1ccc(Cl)cc1[N+](=O)[O-]. The summed E-state index contributed by atoms with van der Waals surface area (Å²) >= 11 is 5.77. The lowest BCUT2D eigenvalue weighted by Gasteiger charge is -2.07. The number of halogens is 1. The second-order valence-corrected chi connectivity index (χ2v) is 6.47. The van der Waals surface area contributed by atoms with Gasteiger partial charge < -0.3 is 10.1 Å². The highest BCUT2D eigenvalue weighted by Crippen LogP contribution is 2.28. The number of amides is 1. The normalized spacial score (nSPS) is 10.7. The van der Waals surface area contributed by atoms with Gasteiger partial charge in [-0.1, -0.05) is 41.9 Å². The number of anilines is 1. The smallest absolute Gasteiger partial charge is 0.294 e. The summed E-state index contributed by atoms with van der Waals surface area (Å²) in [5, 5.41) is 23.1. The van der Waals surface area contributed by atoms with Crippen molar-refractivity contribution in [2.24, 2.45) is 0 Å². The number of hydrogen-bond donors (Lipinski definition) is 1. The van der Waals surface area contributed by atoms with Crippen LogP contribution in [0, 0.1) is 21.4 Å². The van der Waals surface area contributed by atoms with Crippen LogP contribution in [0.2, 0.25) is 5.02 Å². The number of nitrogens with zero attached hydrogens (tertiary/aromatic N) is 2. The fourth-order valence-corrected chi connectivity index (χ4v) is 2.73. The van der Waals surface area contributed by atoms with Crippen LogP contribution >= 0.6 is 11.6 Å². The molecule has 0 aliphatic heterocycles. The van der Waals surface area contributed by atoms with Crippen LogP contribution in [-0.4, -0.2) is 10.8 Å². The van der Waals surface area contributed by atoms with E-state index >= 15 is 0 Å². The fraction of sp³-hybridized carbons (Fsp3) is 0. The summed E-state index contributed by atoms with van der Waals surface area (Å²) < 4.78 is 5.74. The molecule has 30 heavy (non-hydrogen) atoms. The summed E-state index contributed by atoms with van der Waals surface area (Å²) in [6, 6.07) is 21.6. The van der Waals surface area contributed by atoms with E-state index in [4.69, 9.17) is 16.3 Å². The molecular weight excluding hydrogens is 406 g/mol. The molecule has 8 heteroatoms. The monoisotopic (exact) mass is 419 g/mol. The lowest BCUT2D eigenvalue weighted by molar-refractivity contribution is -0.383. The maximum atomic E-state index is 12.5. The Hall–Kier alpha value is -4.15. The van der Waals surface area contributed by atoms with Crippen molar-refractivity contribution in [3.05, 3.63) is 99.1 Å². The molecule has 3 aromatic rings. The van der Waals surface area contributed by atoms with Crippen molar-refractivity contribution >= 4 is 35.0 Å². The summed E-state index contributed by atoms with van der Waals surface area (Å²) in [7, 11) is 0. The van der Waals surface area contributed by atoms with E-state index in [2.05, 4.69) is 5.32 Å². The van der Waals surface area contributed by atoms with E-state index in [1.807, 2.05) is 24.3 Å². The number of nitro benzene ring substituents is 1. The average molecular weight is 420 g/mol. The van der Waals surface area contributed by atoms with Crippen LogP contribution in [0.4, 0.5) is 11.4 Å². The molecule has 0 heterocycles. The second kappa shape index (κ2) is 9.37. The van der Waals surface area contributed by atoms with E-state index in [0.29, 0.717) is 17.1 Å². The maximum Gasteiger partial charge on any atom is 0.294 e. The van der Waals surface area contributed by atoms with Gasteiger partial charge in [0.25, 0.3) is 11.6 Å². The molecule has 1 N–H and O–H groups in total. The number of benzene rings is 3. The lowest BCUT2D eigenvalue weighted by atomic mass is 10.1. The number of hydrogen-bond acceptors (Lipinski definition) is 5. The Kier molecular flexibility index (Phi) is 6.42. The summed E-state index contributed by atoms with van der Waals surface area (Å²) in [5.41, 5.74) is -0.0973. The average Bonchev–Trinajstić information content (AvgIpc) is 2.74. The zero-order valence-electron chi connectivity index (χ0n) is 15.4. The number of nitro groups is 1. The molecule has 0 radical (unpaired) electrons. The van der Waals surface area contributed by atoms with E-state index in [-0.39, 0.29) is 22.0 Å². The van der Waals surface area contributed by atoms with Crippen LogP contribution < -0.4 is 10.1 Å². The van der Waals surface area contributed by atoms with Gasteiger partial charge in [-0.25, -0.2) is 0 Å². The van der Waals surface area contributed by atoms with Crippen LogP contribution in [-0.2, 0) is 4.79 Å². The molecule has 0 atom stereocenters. The molecule has 148 valence electrons. The molecule has 0 aromatic heterocycles. The van der Waals surface area contributed by atoms with Gasteiger partial charge in [0.05, 0.1) is 4.92 Å². The summed E-state index contributed by atoms with van der Waals surface area (Å²) in [5.74, 6) is 0.394. The molecule has 0 unspecified atom stereocenters. The first-order chi connectivity index (χ1) is 14.5. The largest absolute Gasteiger partial charge is 0.457 e. The number of ether oxygens (including phenoxy) is 1. The predicted octanol–water partition coefficient (Wildman–Crippen LogP) is 5.59. The molecule has 0 bridgehead atoms. The molecule has 0 fully saturated rings. The van der Waals surface area contributed by atoms with Gasteiger partial charge in [-0.05, 0) is 48.0 Å². The zero-order valence-corrected chi connectivity index (χ0v) is 16.2. The Morgan fingerprint density at radius 3 is 2.50 bits per heavy atom. The number of nitrogens with one attached hydrogen (secondary N) is 1. The van der Waals surface area contributed by atoms with Gasteiger partial charge in [-0.3, -0.25) is 14.9 Å². The predicted molar refractivity (Wildman–Crippen MR) is 113 cm³/mol. The van der Waals surface area contributed by atoms with Gasteiger partial charge in [-0.2, -0.15) is 5.26 Å². The van der Waals surface area contributed by atoms with Gasteiger partial charge in [0.15, 0.2) is 0 Å². The van der Waals surface area contributed by atoms with Gasteiger partial charge in [0.2, 0.25) is 0 Å². The number of carbonyl (C=O) groups excluding carboxylic acids is 1. The number of rotatable bonds is 6. The molecule has 1 amide bonds. The number of para-hydroxylation sites is 1. The third-order valence-electron chi connectivity index (χ3n) is 3.92. The van der Waals surface area contributed by atoms with Gasteiger partial charge in [0.1, 0.15) is 28.8 Å². The Morgan fingerprint density at radius 2 is 1.80 bits per heavy atom. The van der Waals surface area contributed by atoms with Gasteiger partial charge >= 0.3 is 0 Å². The second-order valence-electron chi connectivity index (χ2n) is 6.03. The van der Waals surface area contributed by atoms with Crippen molar-refractivity contribution in [1.29, 1.82) is 5.26 Å². The Labute approximate surface area is 176 Å². The van der Waals surface area contributed by atoms with E-state index in [9.17, 15) is 20.2 Å². The van der Waals surface area contributed by atoms with Gasteiger partial charge in [0, 0.05) is 11.1 Å². The summed E-state index contributed by atoms with van der Waals surface area (Å²) in [6.07, 6.45) is 1.37. The van der Waals surface area contributed by atoms with E-state index in [1.165, 1.54) is 18.2 Å². The highest BCUT2D eigenvalue weighted by atomic mass is 35.5. The van der Waals surface area contributed by atoms with Crippen molar-refractivity contribution < 1.29 is 14.5 Å². The minimum absolute atomic E-state index is 0.0586. The Bertz CT molecular complexity index is 1170. The molecule has 3 rings (SSSR count). The van der Waals surface area contributed by atoms with Crippen molar-refractivity contribution in [1.82, 2.24) is 0 Å². The summed E-state index contributed by atoms with van der Waals surface area (Å²) in [4.78, 5) is 23.0.